The standard InChI is InChI=1S/C24H17NO5/c1-15(26)17-9-11-19(12-10-17)30-24(29)18-6-4-5-16(13-18)14-25-22(27)20-7-2-3-8-21(20)23(25)28/h2-13H,14H2,1H3. The normalized spacial score (nSPS) is 12.6. The molecule has 0 unspecified atom stereocenters. The molecule has 1 aliphatic heterocycles. The van der Waals surface area contributed by atoms with Crippen molar-refractivity contribution in [3.05, 3.63) is 101 Å². The fourth-order valence-corrected chi connectivity index (χ4v) is 3.29. The van der Waals surface area contributed by atoms with Crippen LogP contribution in [0.1, 0.15) is 53.9 Å². The molecule has 0 bridgehead atoms. The quantitative estimate of drug-likeness (QED) is 0.281. The average Bonchev–Trinajstić information content (AvgIpc) is 2.99. The minimum absolute atomic E-state index is 0.0563. The van der Waals surface area contributed by atoms with Crippen LogP contribution in [0.5, 0.6) is 5.75 Å². The fourth-order valence-electron chi connectivity index (χ4n) is 3.29. The van der Waals surface area contributed by atoms with Crippen LogP contribution >= 0.6 is 0 Å². The van der Waals surface area contributed by atoms with E-state index in [1.54, 1.807) is 72.8 Å². The Morgan fingerprint density at radius 3 is 2.03 bits per heavy atom. The number of esters is 1. The molecule has 148 valence electrons. The van der Waals surface area contributed by atoms with Crippen molar-refractivity contribution in [2.45, 2.75) is 13.5 Å². The molecule has 6 heteroatoms. The number of hydrogen-bond acceptors (Lipinski definition) is 5. The van der Waals surface area contributed by atoms with Gasteiger partial charge in [-0.2, -0.15) is 0 Å². The lowest BCUT2D eigenvalue weighted by molar-refractivity contribution is 0.0641. The van der Waals surface area contributed by atoms with Crippen LogP contribution in [0.25, 0.3) is 0 Å². The predicted octanol–water partition coefficient (Wildman–Crippen LogP) is 3.90. The third kappa shape index (κ3) is 3.63. The molecule has 1 aliphatic rings. The molecule has 2 amide bonds. The van der Waals surface area contributed by atoms with Gasteiger partial charge in [-0.25, -0.2) is 4.79 Å². The Bertz CT molecular complexity index is 1150. The summed E-state index contributed by atoms with van der Waals surface area (Å²) in [5.41, 5.74) is 2.21. The van der Waals surface area contributed by atoms with Crippen molar-refractivity contribution in [3.63, 3.8) is 0 Å². The smallest absolute Gasteiger partial charge is 0.343 e. The van der Waals surface area contributed by atoms with Crippen molar-refractivity contribution >= 4 is 23.6 Å². The maximum Gasteiger partial charge on any atom is 0.343 e. The Hall–Kier alpha value is -4.06. The number of carbonyl (C=O) groups excluding carboxylic acids is 4. The Balaban J connectivity index is 1.49. The topological polar surface area (TPSA) is 80.8 Å². The van der Waals surface area contributed by atoms with Gasteiger partial charge in [0.25, 0.3) is 11.8 Å². The summed E-state index contributed by atoms with van der Waals surface area (Å²) in [7, 11) is 0. The SMILES string of the molecule is CC(=O)c1ccc(OC(=O)c2cccc(CN3C(=O)c4ccccc4C3=O)c2)cc1. The van der Waals surface area contributed by atoms with Gasteiger partial charge in [0, 0.05) is 5.56 Å². The highest BCUT2D eigenvalue weighted by Gasteiger charge is 2.35. The number of imide groups is 1. The Kier molecular flexibility index (Phi) is 4.98. The van der Waals surface area contributed by atoms with E-state index < -0.39 is 5.97 Å². The van der Waals surface area contributed by atoms with Gasteiger partial charge in [-0.05, 0) is 61.0 Å². The maximum absolute atomic E-state index is 12.5. The van der Waals surface area contributed by atoms with Crippen LogP contribution in [0.4, 0.5) is 0 Å². The molecule has 0 spiro atoms. The largest absolute Gasteiger partial charge is 0.423 e. The van der Waals surface area contributed by atoms with E-state index in [0.29, 0.717) is 33.6 Å². The highest BCUT2D eigenvalue weighted by atomic mass is 16.5. The maximum atomic E-state index is 12.5. The average molecular weight is 399 g/mol. The number of nitrogens with zero attached hydrogens (tertiary/aromatic N) is 1. The molecule has 0 saturated heterocycles. The van der Waals surface area contributed by atoms with Gasteiger partial charge >= 0.3 is 5.97 Å². The van der Waals surface area contributed by atoms with Gasteiger partial charge in [0.2, 0.25) is 0 Å². The van der Waals surface area contributed by atoms with Gasteiger partial charge in [-0.15, -0.1) is 0 Å². The number of hydrogen-bond donors (Lipinski definition) is 0. The summed E-state index contributed by atoms with van der Waals surface area (Å²) in [6, 6.07) is 19.6. The van der Waals surface area contributed by atoms with Gasteiger partial charge in [0.15, 0.2) is 5.78 Å². The molecule has 0 aromatic heterocycles. The third-order valence-electron chi connectivity index (χ3n) is 4.85. The summed E-state index contributed by atoms with van der Waals surface area (Å²) in [5.74, 6) is -1.04. The molecule has 0 N–H and O–H groups in total. The lowest BCUT2D eigenvalue weighted by Crippen LogP contribution is -2.29. The minimum atomic E-state index is -0.574. The summed E-state index contributed by atoms with van der Waals surface area (Å²) in [4.78, 5) is 50.1. The molecule has 1 heterocycles. The molecular formula is C24H17NO5. The van der Waals surface area contributed by atoms with E-state index in [1.165, 1.54) is 6.92 Å². The summed E-state index contributed by atoms with van der Waals surface area (Å²) in [6.07, 6.45) is 0. The molecule has 3 aromatic carbocycles. The highest BCUT2D eigenvalue weighted by molar-refractivity contribution is 6.21. The second-order valence-corrected chi connectivity index (χ2v) is 6.91. The number of carbonyl (C=O) groups is 4. The van der Waals surface area contributed by atoms with Crippen LogP contribution in [0, 0.1) is 0 Å². The second kappa shape index (κ2) is 7.75. The van der Waals surface area contributed by atoms with Crippen molar-refractivity contribution in [2.24, 2.45) is 0 Å². The minimum Gasteiger partial charge on any atom is -0.423 e. The van der Waals surface area contributed by atoms with Crippen LogP contribution in [0.2, 0.25) is 0 Å². The van der Waals surface area contributed by atoms with Gasteiger partial charge in [0.05, 0.1) is 23.2 Å². The molecule has 0 atom stereocenters. The van der Waals surface area contributed by atoms with E-state index in [2.05, 4.69) is 0 Å². The lowest BCUT2D eigenvalue weighted by atomic mass is 10.1. The van der Waals surface area contributed by atoms with E-state index in [-0.39, 0.29) is 24.1 Å². The highest BCUT2D eigenvalue weighted by Crippen LogP contribution is 2.24. The van der Waals surface area contributed by atoms with E-state index in [0.717, 1.165) is 4.90 Å². The molecule has 0 fully saturated rings. The molecule has 3 aromatic rings. The monoisotopic (exact) mass is 399 g/mol. The van der Waals surface area contributed by atoms with E-state index in [9.17, 15) is 19.2 Å². The lowest BCUT2D eigenvalue weighted by Gasteiger charge is -2.14. The zero-order valence-electron chi connectivity index (χ0n) is 16.1. The predicted molar refractivity (Wildman–Crippen MR) is 108 cm³/mol. The zero-order chi connectivity index (χ0) is 21.3. The van der Waals surface area contributed by atoms with Gasteiger partial charge in [-0.1, -0.05) is 24.3 Å². The number of fused-ring (bicyclic) bond motifs is 1. The molecule has 0 saturated carbocycles. The Labute approximate surface area is 172 Å². The molecule has 4 rings (SSSR count). The fraction of sp³-hybridized carbons (Fsp3) is 0.0833. The van der Waals surface area contributed by atoms with Crippen molar-refractivity contribution < 1.29 is 23.9 Å². The van der Waals surface area contributed by atoms with Crippen molar-refractivity contribution in [2.75, 3.05) is 0 Å². The number of amides is 2. The summed E-state index contributed by atoms with van der Waals surface area (Å²) >= 11 is 0. The second-order valence-electron chi connectivity index (χ2n) is 6.91. The number of benzene rings is 3. The van der Waals surface area contributed by atoms with E-state index >= 15 is 0 Å². The number of rotatable bonds is 5. The van der Waals surface area contributed by atoms with Crippen LogP contribution < -0.4 is 4.74 Å². The molecular weight excluding hydrogens is 382 g/mol. The molecule has 6 nitrogen and oxygen atoms in total. The molecule has 0 aliphatic carbocycles. The van der Waals surface area contributed by atoms with E-state index in [1.807, 2.05) is 0 Å². The molecule has 0 radical (unpaired) electrons. The van der Waals surface area contributed by atoms with E-state index in [4.69, 9.17) is 4.74 Å². The van der Waals surface area contributed by atoms with Crippen molar-refractivity contribution in [1.82, 2.24) is 4.90 Å². The van der Waals surface area contributed by atoms with Crippen LogP contribution in [-0.2, 0) is 6.54 Å². The number of ether oxygens (including phenoxy) is 1. The Morgan fingerprint density at radius 1 is 0.800 bits per heavy atom. The first-order valence-electron chi connectivity index (χ1n) is 9.31. The van der Waals surface area contributed by atoms with Crippen LogP contribution in [0.3, 0.4) is 0 Å². The third-order valence-corrected chi connectivity index (χ3v) is 4.85. The summed E-state index contributed by atoms with van der Waals surface area (Å²) in [6.45, 7) is 1.52. The first-order chi connectivity index (χ1) is 14.4. The number of Topliss-reactive ketones (excluding diaryl/α,β-unsaturated/α-hetero) is 1. The van der Waals surface area contributed by atoms with Crippen molar-refractivity contribution in [3.8, 4) is 5.75 Å². The Morgan fingerprint density at radius 2 is 1.43 bits per heavy atom. The summed E-state index contributed by atoms with van der Waals surface area (Å²) < 4.78 is 5.36. The van der Waals surface area contributed by atoms with Crippen molar-refractivity contribution in [1.29, 1.82) is 0 Å². The number of ketones is 1. The van der Waals surface area contributed by atoms with Crippen LogP contribution in [-0.4, -0.2) is 28.5 Å². The molecule has 30 heavy (non-hydrogen) atoms. The van der Waals surface area contributed by atoms with Gasteiger partial charge in [-0.3, -0.25) is 19.3 Å². The van der Waals surface area contributed by atoms with Gasteiger partial charge < -0.3 is 4.74 Å². The zero-order valence-corrected chi connectivity index (χ0v) is 16.1. The van der Waals surface area contributed by atoms with Crippen LogP contribution in [0.15, 0.2) is 72.8 Å². The first-order valence-corrected chi connectivity index (χ1v) is 9.31. The van der Waals surface area contributed by atoms with Gasteiger partial charge in [0.1, 0.15) is 5.75 Å². The summed E-state index contributed by atoms with van der Waals surface area (Å²) in [5, 5.41) is 0. The first kappa shape index (κ1) is 19.3.